The first-order chi connectivity index (χ1) is 11.6. The van der Waals surface area contributed by atoms with Crippen molar-refractivity contribution in [2.24, 2.45) is 0 Å². The van der Waals surface area contributed by atoms with E-state index in [4.69, 9.17) is 22.2 Å². The maximum atomic E-state index is 12.5. The van der Waals surface area contributed by atoms with Gasteiger partial charge in [0, 0.05) is 10.4 Å². The second-order valence-corrected chi connectivity index (χ2v) is 8.26. The molecule has 2 rings (SSSR count). The summed E-state index contributed by atoms with van der Waals surface area (Å²) in [6, 6.07) is 5.03. The lowest BCUT2D eigenvalue weighted by atomic mass is 9.96. The molecule has 1 atom stereocenters. The van der Waals surface area contributed by atoms with Crippen LogP contribution >= 0.6 is 23.4 Å². The average Bonchev–Trinajstić information content (AvgIpc) is 2.88. The molecule has 7 nitrogen and oxygen atoms in total. The predicted octanol–water partition coefficient (Wildman–Crippen LogP) is 3.07. The number of carbonyl (C=O) groups excluding carboxylic acids is 1. The summed E-state index contributed by atoms with van der Waals surface area (Å²) in [6.45, 7) is 7.76. The van der Waals surface area contributed by atoms with Crippen LogP contribution in [0.1, 0.15) is 33.5 Å². The third-order valence-electron chi connectivity index (χ3n) is 3.41. The van der Waals surface area contributed by atoms with Gasteiger partial charge in [0.15, 0.2) is 5.82 Å². The summed E-state index contributed by atoms with van der Waals surface area (Å²) in [5.74, 6) is 7.03. The number of nitrogen functional groups attached to an aromatic ring is 1. The first-order valence-corrected chi connectivity index (χ1v) is 8.91. The number of aromatic nitrogens is 3. The van der Waals surface area contributed by atoms with Crippen LogP contribution in [-0.4, -0.2) is 33.1 Å². The van der Waals surface area contributed by atoms with Crippen molar-refractivity contribution in [2.75, 3.05) is 18.3 Å². The van der Waals surface area contributed by atoms with Crippen molar-refractivity contribution >= 4 is 35.0 Å². The van der Waals surface area contributed by atoms with E-state index in [1.807, 2.05) is 20.8 Å². The molecule has 3 N–H and O–H groups in total. The summed E-state index contributed by atoms with van der Waals surface area (Å²) >= 11 is 7.21. The average molecular weight is 384 g/mol. The quantitative estimate of drug-likeness (QED) is 0.608. The molecule has 0 saturated carbocycles. The van der Waals surface area contributed by atoms with Gasteiger partial charge in [0.05, 0.1) is 18.0 Å². The Morgan fingerprint density at radius 1 is 1.40 bits per heavy atom. The largest absolute Gasteiger partial charge is 0.495 e. The molecule has 0 aliphatic rings. The molecule has 136 valence electrons. The number of anilines is 1. The van der Waals surface area contributed by atoms with E-state index < -0.39 is 5.25 Å². The smallest absolute Gasteiger partial charge is 0.237 e. The fourth-order valence-corrected chi connectivity index (χ4v) is 3.03. The Kier molecular flexibility index (Phi) is 5.84. The third kappa shape index (κ3) is 4.58. The molecule has 0 saturated heterocycles. The van der Waals surface area contributed by atoms with Crippen LogP contribution in [0.2, 0.25) is 5.02 Å². The number of halogens is 1. The standard InChI is InChI=1S/C16H22ClN5O2S/c1-9(25-15-21-20-14(22(15)18)16(2,3)4)13(23)19-11-8-10(17)6-7-12(11)24-5/h6-9H,18H2,1-5H3,(H,19,23)/t9-/m1/s1. The highest BCUT2D eigenvalue weighted by Gasteiger charge is 2.25. The molecule has 0 bridgehead atoms. The number of hydrogen-bond acceptors (Lipinski definition) is 6. The Balaban J connectivity index is 2.12. The Morgan fingerprint density at radius 3 is 2.64 bits per heavy atom. The molecule has 0 aliphatic carbocycles. The van der Waals surface area contributed by atoms with Crippen molar-refractivity contribution in [3.05, 3.63) is 29.0 Å². The summed E-state index contributed by atoms with van der Waals surface area (Å²) < 4.78 is 6.66. The molecule has 2 aromatic rings. The molecule has 0 spiro atoms. The number of rotatable bonds is 5. The fourth-order valence-electron chi connectivity index (χ4n) is 2.09. The van der Waals surface area contributed by atoms with Crippen LogP contribution in [0.4, 0.5) is 5.69 Å². The molecule has 9 heteroatoms. The highest BCUT2D eigenvalue weighted by Crippen LogP contribution is 2.30. The molecule has 25 heavy (non-hydrogen) atoms. The zero-order chi connectivity index (χ0) is 18.8. The number of methoxy groups -OCH3 is 1. The predicted molar refractivity (Wildman–Crippen MR) is 101 cm³/mol. The van der Waals surface area contributed by atoms with Crippen LogP contribution in [0, 0.1) is 0 Å². The number of nitrogens with zero attached hydrogens (tertiary/aromatic N) is 3. The molecular formula is C16H22ClN5O2S. The minimum absolute atomic E-state index is 0.217. The summed E-state index contributed by atoms with van der Waals surface area (Å²) in [5.41, 5.74) is 0.275. The summed E-state index contributed by atoms with van der Waals surface area (Å²) in [4.78, 5) is 12.5. The van der Waals surface area contributed by atoms with Gasteiger partial charge in [0.2, 0.25) is 11.1 Å². The number of hydrogen-bond donors (Lipinski definition) is 2. The van der Waals surface area contributed by atoms with Gasteiger partial charge in [-0.05, 0) is 25.1 Å². The number of carbonyl (C=O) groups is 1. The van der Waals surface area contributed by atoms with Gasteiger partial charge < -0.3 is 15.9 Å². The van der Waals surface area contributed by atoms with Crippen molar-refractivity contribution in [1.82, 2.24) is 14.9 Å². The lowest BCUT2D eigenvalue weighted by Crippen LogP contribution is -2.26. The van der Waals surface area contributed by atoms with Crippen molar-refractivity contribution in [2.45, 2.75) is 43.5 Å². The van der Waals surface area contributed by atoms with Gasteiger partial charge in [-0.1, -0.05) is 44.1 Å². The molecule has 0 fully saturated rings. The zero-order valence-corrected chi connectivity index (χ0v) is 16.4. The van der Waals surface area contributed by atoms with E-state index in [1.165, 1.54) is 23.5 Å². The van der Waals surface area contributed by atoms with E-state index in [-0.39, 0.29) is 11.3 Å². The molecule has 1 amide bonds. The van der Waals surface area contributed by atoms with Gasteiger partial charge in [-0.2, -0.15) is 0 Å². The van der Waals surface area contributed by atoms with Crippen molar-refractivity contribution in [3.63, 3.8) is 0 Å². The summed E-state index contributed by atoms with van der Waals surface area (Å²) in [5, 5.41) is 11.6. The molecule has 1 heterocycles. The highest BCUT2D eigenvalue weighted by atomic mass is 35.5. The first-order valence-electron chi connectivity index (χ1n) is 7.65. The second kappa shape index (κ2) is 7.53. The second-order valence-electron chi connectivity index (χ2n) is 6.52. The van der Waals surface area contributed by atoms with E-state index in [1.54, 1.807) is 25.1 Å². The maximum absolute atomic E-state index is 12.5. The van der Waals surface area contributed by atoms with Gasteiger partial charge in [0.25, 0.3) is 0 Å². The molecule has 0 unspecified atom stereocenters. The maximum Gasteiger partial charge on any atom is 0.237 e. The van der Waals surface area contributed by atoms with E-state index in [0.717, 1.165) is 0 Å². The van der Waals surface area contributed by atoms with Gasteiger partial charge in [-0.3, -0.25) is 4.79 Å². The molecule has 0 radical (unpaired) electrons. The topological polar surface area (TPSA) is 95.1 Å². The van der Waals surface area contributed by atoms with E-state index in [2.05, 4.69) is 15.5 Å². The number of thioether (sulfide) groups is 1. The van der Waals surface area contributed by atoms with Crippen LogP contribution in [-0.2, 0) is 10.2 Å². The molecule has 1 aromatic carbocycles. The monoisotopic (exact) mass is 383 g/mol. The van der Waals surface area contributed by atoms with E-state index >= 15 is 0 Å². The highest BCUT2D eigenvalue weighted by molar-refractivity contribution is 8.00. The number of ether oxygens (including phenoxy) is 1. The minimum Gasteiger partial charge on any atom is -0.495 e. The first kappa shape index (κ1) is 19.4. The number of nitrogens with two attached hydrogens (primary N) is 1. The van der Waals surface area contributed by atoms with Crippen LogP contribution in [0.5, 0.6) is 5.75 Å². The molecule has 1 aromatic heterocycles. The van der Waals surface area contributed by atoms with Crippen molar-refractivity contribution in [3.8, 4) is 5.75 Å². The van der Waals surface area contributed by atoms with Crippen molar-refractivity contribution < 1.29 is 9.53 Å². The summed E-state index contributed by atoms with van der Waals surface area (Å²) in [6.07, 6.45) is 0. The van der Waals surface area contributed by atoms with E-state index in [9.17, 15) is 4.79 Å². The Labute approximate surface area is 156 Å². The van der Waals surface area contributed by atoms with Crippen molar-refractivity contribution in [1.29, 1.82) is 0 Å². The minimum atomic E-state index is -0.442. The number of amides is 1. The third-order valence-corrected chi connectivity index (χ3v) is 4.70. The zero-order valence-electron chi connectivity index (χ0n) is 14.8. The normalized spacial score (nSPS) is 12.7. The lowest BCUT2D eigenvalue weighted by Gasteiger charge is -2.17. The van der Waals surface area contributed by atoms with Crippen LogP contribution < -0.4 is 15.9 Å². The SMILES string of the molecule is COc1ccc(Cl)cc1NC(=O)[C@@H](C)Sc1nnc(C(C)(C)C)n1N. The van der Waals surface area contributed by atoms with Crippen LogP contribution in [0.15, 0.2) is 23.4 Å². The number of nitrogens with one attached hydrogen (secondary N) is 1. The van der Waals surface area contributed by atoms with Crippen LogP contribution in [0.3, 0.4) is 0 Å². The summed E-state index contributed by atoms with van der Waals surface area (Å²) in [7, 11) is 1.53. The van der Waals surface area contributed by atoms with Gasteiger partial charge in [-0.25, -0.2) is 4.68 Å². The Morgan fingerprint density at radius 2 is 2.08 bits per heavy atom. The Hall–Kier alpha value is -1.93. The van der Waals surface area contributed by atoms with Gasteiger partial charge >= 0.3 is 0 Å². The number of benzene rings is 1. The molecule has 0 aliphatic heterocycles. The van der Waals surface area contributed by atoms with Gasteiger partial charge in [0.1, 0.15) is 5.75 Å². The molecular weight excluding hydrogens is 362 g/mol. The van der Waals surface area contributed by atoms with Crippen LogP contribution in [0.25, 0.3) is 0 Å². The lowest BCUT2D eigenvalue weighted by molar-refractivity contribution is -0.115. The van der Waals surface area contributed by atoms with Gasteiger partial charge in [-0.15, -0.1) is 10.2 Å². The van der Waals surface area contributed by atoms with E-state index in [0.29, 0.717) is 27.4 Å². The fraction of sp³-hybridized carbons (Fsp3) is 0.438. The Bertz CT molecular complexity index is 772.